The number of nitrogens with one attached hydrogen (secondary N) is 2. The Bertz CT molecular complexity index is 602. The average molecular weight is 425 g/mol. The van der Waals surface area contributed by atoms with Crippen LogP contribution in [0, 0.1) is 5.92 Å². The predicted molar refractivity (Wildman–Crippen MR) is 105 cm³/mol. The van der Waals surface area contributed by atoms with Gasteiger partial charge in [-0.05, 0) is 48.9 Å². The second-order valence-corrected chi connectivity index (χ2v) is 5.69. The van der Waals surface area contributed by atoms with E-state index in [0.29, 0.717) is 0 Å². The Morgan fingerprint density at radius 3 is 2.65 bits per heavy atom. The first kappa shape index (κ1) is 17.8. The summed E-state index contributed by atoms with van der Waals surface area (Å²) in [5.41, 5.74) is 2.39. The van der Waals surface area contributed by atoms with Crippen molar-refractivity contribution in [3.8, 4) is 5.69 Å². The van der Waals surface area contributed by atoms with E-state index in [4.69, 9.17) is 0 Å². The van der Waals surface area contributed by atoms with Crippen LogP contribution < -0.4 is 10.6 Å². The van der Waals surface area contributed by atoms with Crippen molar-refractivity contribution in [3.05, 3.63) is 48.3 Å². The fourth-order valence-electron chi connectivity index (χ4n) is 2.35. The Morgan fingerprint density at radius 2 is 2.04 bits per heavy atom. The van der Waals surface area contributed by atoms with Crippen molar-refractivity contribution in [2.45, 2.75) is 19.3 Å². The lowest BCUT2D eigenvalue weighted by Crippen LogP contribution is -2.39. The second-order valence-electron chi connectivity index (χ2n) is 5.69. The van der Waals surface area contributed by atoms with E-state index in [-0.39, 0.29) is 24.0 Å². The highest BCUT2D eigenvalue weighted by Gasteiger charge is 2.20. The van der Waals surface area contributed by atoms with E-state index >= 15 is 0 Å². The molecule has 23 heavy (non-hydrogen) atoms. The highest BCUT2D eigenvalue weighted by Crippen LogP contribution is 2.27. The van der Waals surface area contributed by atoms with Crippen LogP contribution in [-0.2, 0) is 6.42 Å². The molecule has 1 heterocycles. The van der Waals surface area contributed by atoms with Gasteiger partial charge in [0.05, 0.1) is 5.69 Å². The van der Waals surface area contributed by atoms with Crippen LogP contribution in [0.2, 0.25) is 0 Å². The zero-order valence-corrected chi connectivity index (χ0v) is 15.7. The van der Waals surface area contributed by atoms with E-state index in [1.807, 2.05) is 24.0 Å². The number of aliphatic imine (C=N–C) groups is 1. The van der Waals surface area contributed by atoms with Crippen LogP contribution in [0.1, 0.15) is 18.4 Å². The van der Waals surface area contributed by atoms with Crippen molar-refractivity contribution in [1.82, 2.24) is 20.4 Å². The van der Waals surface area contributed by atoms with Gasteiger partial charge >= 0.3 is 0 Å². The fraction of sp³-hybridized carbons (Fsp3) is 0.412. The molecule has 1 aliphatic carbocycles. The molecule has 3 rings (SSSR count). The predicted octanol–water partition coefficient (Wildman–Crippen LogP) is 2.61. The number of hydrogen-bond acceptors (Lipinski definition) is 2. The Balaban J connectivity index is 0.00000192. The van der Waals surface area contributed by atoms with Crippen molar-refractivity contribution in [2.24, 2.45) is 10.9 Å². The van der Waals surface area contributed by atoms with Gasteiger partial charge in [-0.3, -0.25) is 4.99 Å². The van der Waals surface area contributed by atoms with Gasteiger partial charge in [0, 0.05) is 32.5 Å². The minimum absolute atomic E-state index is 0. The number of nitrogens with zero attached hydrogens (tertiary/aromatic N) is 3. The smallest absolute Gasteiger partial charge is 0.190 e. The number of rotatable bonds is 6. The number of aromatic nitrogens is 2. The van der Waals surface area contributed by atoms with Crippen molar-refractivity contribution in [2.75, 3.05) is 20.1 Å². The molecule has 1 saturated carbocycles. The molecule has 2 aromatic rings. The lowest BCUT2D eigenvalue weighted by atomic mass is 10.1. The summed E-state index contributed by atoms with van der Waals surface area (Å²) in [5, 5.41) is 11.0. The highest BCUT2D eigenvalue weighted by atomic mass is 127. The first-order valence-electron chi connectivity index (χ1n) is 7.88. The number of hydrogen-bond donors (Lipinski definition) is 2. The summed E-state index contributed by atoms with van der Waals surface area (Å²) in [6.07, 6.45) is 7.42. The van der Waals surface area contributed by atoms with E-state index in [2.05, 4.69) is 45.0 Å². The van der Waals surface area contributed by atoms with Gasteiger partial charge < -0.3 is 10.6 Å². The molecule has 1 aliphatic rings. The van der Waals surface area contributed by atoms with Gasteiger partial charge in [0.2, 0.25) is 0 Å². The molecule has 0 bridgehead atoms. The summed E-state index contributed by atoms with van der Waals surface area (Å²) in [6, 6.07) is 10.4. The molecule has 5 nitrogen and oxygen atoms in total. The molecule has 0 saturated heterocycles. The van der Waals surface area contributed by atoms with Crippen molar-refractivity contribution in [1.29, 1.82) is 0 Å². The van der Waals surface area contributed by atoms with Gasteiger partial charge in [0.15, 0.2) is 5.96 Å². The van der Waals surface area contributed by atoms with Crippen LogP contribution in [-0.4, -0.2) is 35.9 Å². The third kappa shape index (κ3) is 5.53. The largest absolute Gasteiger partial charge is 0.356 e. The van der Waals surface area contributed by atoms with Gasteiger partial charge in [-0.15, -0.1) is 24.0 Å². The van der Waals surface area contributed by atoms with E-state index in [0.717, 1.165) is 37.1 Å². The monoisotopic (exact) mass is 425 g/mol. The number of benzene rings is 1. The molecular formula is C17H24IN5. The van der Waals surface area contributed by atoms with Gasteiger partial charge in [-0.1, -0.05) is 12.1 Å². The van der Waals surface area contributed by atoms with Crippen molar-refractivity contribution >= 4 is 29.9 Å². The summed E-state index contributed by atoms with van der Waals surface area (Å²) >= 11 is 0. The third-order valence-corrected chi connectivity index (χ3v) is 3.89. The van der Waals surface area contributed by atoms with Gasteiger partial charge in [-0.25, -0.2) is 4.68 Å². The fourth-order valence-corrected chi connectivity index (χ4v) is 2.35. The third-order valence-electron chi connectivity index (χ3n) is 3.89. The summed E-state index contributed by atoms with van der Waals surface area (Å²) in [6.45, 7) is 1.92. The topological polar surface area (TPSA) is 54.2 Å². The van der Waals surface area contributed by atoms with Gasteiger partial charge in [-0.2, -0.15) is 5.10 Å². The molecule has 1 aromatic heterocycles. The Hall–Kier alpha value is -1.57. The maximum absolute atomic E-state index is 4.25. The molecule has 6 heteroatoms. The average Bonchev–Trinajstić information content (AvgIpc) is 3.22. The molecule has 0 unspecified atom stereocenters. The van der Waals surface area contributed by atoms with E-state index in [1.54, 1.807) is 6.20 Å². The lowest BCUT2D eigenvalue weighted by Gasteiger charge is -2.11. The Morgan fingerprint density at radius 1 is 1.26 bits per heavy atom. The van der Waals surface area contributed by atoms with E-state index in [9.17, 15) is 0 Å². The van der Waals surface area contributed by atoms with E-state index < -0.39 is 0 Å². The summed E-state index contributed by atoms with van der Waals surface area (Å²) in [5.74, 6) is 1.76. The molecular weight excluding hydrogens is 401 g/mol. The lowest BCUT2D eigenvalue weighted by molar-refractivity contribution is 0.734. The van der Waals surface area contributed by atoms with Crippen LogP contribution in [0.5, 0.6) is 0 Å². The normalized spacial score (nSPS) is 14.2. The first-order chi connectivity index (χ1) is 10.8. The Kier molecular flexibility index (Phi) is 6.88. The zero-order valence-electron chi connectivity index (χ0n) is 13.4. The molecule has 1 fully saturated rings. The maximum atomic E-state index is 4.25. The van der Waals surface area contributed by atoms with Crippen LogP contribution in [0.15, 0.2) is 47.7 Å². The summed E-state index contributed by atoms with van der Waals surface area (Å²) in [4.78, 5) is 4.25. The highest BCUT2D eigenvalue weighted by molar-refractivity contribution is 14.0. The molecule has 0 atom stereocenters. The SMILES string of the molecule is CN=C(NCCc1ccc(-n2cccn2)cc1)NCC1CC1.I. The molecule has 124 valence electrons. The molecule has 1 aromatic carbocycles. The van der Waals surface area contributed by atoms with Crippen LogP contribution in [0.4, 0.5) is 0 Å². The standard InChI is InChI=1S/C17H23N5.HI/c1-18-17(20-13-15-3-4-15)19-11-9-14-5-7-16(8-6-14)22-12-2-10-21-22;/h2,5-8,10,12,15H,3-4,9,11,13H2,1H3,(H2,18,19,20);1H. The van der Waals surface area contributed by atoms with Crippen molar-refractivity contribution < 1.29 is 0 Å². The van der Waals surface area contributed by atoms with Crippen LogP contribution in [0.25, 0.3) is 5.69 Å². The molecule has 2 N–H and O–H groups in total. The van der Waals surface area contributed by atoms with E-state index in [1.165, 1.54) is 18.4 Å². The second kappa shape index (κ2) is 8.90. The first-order valence-corrected chi connectivity index (χ1v) is 7.88. The molecule has 0 spiro atoms. The molecule has 0 aliphatic heterocycles. The van der Waals surface area contributed by atoms with Gasteiger partial charge in [0.1, 0.15) is 0 Å². The molecule has 0 amide bonds. The van der Waals surface area contributed by atoms with Gasteiger partial charge in [0.25, 0.3) is 0 Å². The van der Waals surface area contributed by atoms with Crippen molar-refractivity contribution in [3.63, 3.8) is 0 Å². The number of guanidine groups is 1. The Labute approximate surface area is 154 Å². The van der Waals surface area contributed by atoms with Crippen LogP contribution >= 0.6 is 24.0 Å². The zero-order chi connectivity index (χ0) is 15.2. The maximum Gasteiger partial charge on any atom is 0.190 e. The quantitative estimate of drug-likeness (QED) is 0.425. The minimum atomic E-state index is 0. The molecule has 0 radical (unpaired) electrons. The van der Waals surface area contributed by atoms with Crippen LogP contribution in [0.3, 0.4) is 0 Å². The minimum Gasteiger partial charge on any atom is -0.356 e. The summed E-state index contributed by atoms with van der Waals surface area (Å²) in [7, 11) is 1.82. The summed E-state index contributed by atoms with van der Waals surface area (Å²) < 4.78 is 1.87. The number of halogens is 1.